The van der Waals surface area contributed by atoms with Gasteiger partial charge in [-0.05, 0) is 61.9 Å². The molecule has 2 heterocycles. The maximum absolute atomic E-state index is 6.67. The lowest BCUT2D eigenvalue weighted by molar-refractivity contribution is 0.569. The van der Waals surface area contributed by atoms with Crippen molar-refractivity contribution in [2.24, 2.45) is 5.73 Å². The minimum absolute atomic E-state index is 0.0323. The second kappa shape index (κ2) is 5.50. The minimum atomic E-state index is 0.0323. The highest BCUT2D eigenvalue weighted by molar-refractivity contribution is 5.83. The van der Waals surface area contributed by atoms with Gasteiger partial charge in [0.2, 0.25) is 0 Å². The van der Waals surface area contributed by atoms with Crippen molar-refractivity contribution in [1.29, 1.82) is 0 Å². The third kappa shape index (κ3) is 2.09. The van der Waals surface area contributed by atoms with Gasteiger partial charge in [-0.1, -0.05) is 36.4 Å². The molecule has 1 aromatic heterocycles. The zero-order chi connectivity index (χ0) is 17.0. The van der Waals surface area contributed by atoms with E-state index in [1.54, 1.807) is 0 Å². The van der Waals surface area contributed by atoms with E-state index in [-0.39, 0.29) is 6.04 Å². The summed E-state index contributed by atoms with van der Waals surface area (Å²) >= 11 is 0. The Bertz CT molecular complexity index is 995. The number of nitrogens with two attached hydrogens (primary N) is 1. The lowest BCUT2D eigenvalue weighted by atomic mass is 9.84. The van der Waals surface area contributed by atoms with E-state index < -0.39 is 0 Å². The summed E-state index contributed by atoms with van der Waals surface area (Å²) in [5.74, 6) is 0. The van der Waals surface area contributed by atoms with Gasteiger partial charge in [-0.15, -0.1) is 0 Å². The molecule has 1 atom stereocenters. The van der Waals surface area contributed by atoms with Crippen LogP contribution in [0.15, 0.2) is 65.9 Å². The maximum Gasteiger partial charge on any atom is 0.0705 e. The Morgan fingerprint density at radius 2 is 1.72 bits per heavy atom. The topological polar surface area (TPSA) is 34.2 Å². The van der Waals surface area contributed by atoms with Crippen molar-refractivity contribution >= 4 is 16.6 Å². The summed E-state index contributed by atoms with van der Waals surface area (Å²) < 4.78 is 2.38. The highest BCUT2D eigenvalue weighted by Crippen LogP contribution is 2.45. The molecule has 0 saturated heterocycles. The molecular formula is C22H23N3. The van der Waals surface area contributed by atoms with Gasteiger partial charge in [-0.3, -0.25) is 9.69 Å². The first-order valence-electron chi connectivity index (χ1n) is 9.19. The van der Waals surface area contributed by atoms with Crippen molar-refractivity contribution < 1.29 is 0 Å². The van der Waals surface area contributed by atoms with Gasteiger partial charge >= 0.3 is 0 Å². The summed E-state index contributed by atoms with van der Waals surface area (Å²) in [5, 5.41) is 3.72. The van der Waals surface area contributed by atoms with Gasteiger partial charge < -0.3 is 5.73 Å². The van der Waals surface area contributed by atoms with E-state index in [2.05, 4.69) is 71.2 Å². The summed E-state index contributed by atoms with van der Waals surface area (Å²) in [5.41, 5.74) is 14.5. The van der Waals surface area contributed by atoms with Gasteiger partial charge in [-0.2, -0.15) is 0 Å². The lowest BCUT2D eigenvalue weighted by Crippen LogP contribution is -2.38. The van der Waals surface area contributed by atoms with E-state index in [0.29, 0.717) is 0 Å². The molecule has 1 unspecified atom stereocenters. The van der Waals surface area contributed by atoms with E-state index in [1.165, 1.54) is 52.0 Å². The first kappa shape index (κ1) is 14.8. The molecular weight excluding hydrogens is 306 g/mol. The van der Waals surface area contributed by atoms with E-state index >= 15 is 0 Å². The number of para-hydroxylation sites is 2. The van der Waals surface area contributed by atoms with E-state index in [0.717, 1.165) is 12.8 Å². The Balaban J connectivity index is 1.83. The van der Waals surface area contributed by atoms with Crippen molar-refractivity contribution in [3.8, 4) is 0 Å². The number of benzene rings is 2. The second-order valence-electron chi connectivity index (χ2n) is 7.18. The number of hydrogen-bond acceptors (Lipinski definition) is 2. The standard InChI is InChI=1S/C22H23N3/c1-15-14-16-8-2-5-11-19(16)24(15)25-20-12-6-3-9-17(20)22(23)18-10-4-7-13-21(18)25/h2-3,5-6,8-9,11-12,14,22H,4,7,10,13,23H2,1H3. The quantitative estimate of drug-likeness (QED) is 0.677. The fraction of sp³-hybridized carbons (Fsp3) is 0.273. The van der Waals surface area contributed by atoms with Gasteiger partial charge in [-0.25, -0.2) is 0 Å². The lowest BCUT2D eigenvalue weighted by Gasteiger charge is -2.41. The summed E-state index contributed by atoms with van der Waals surface area (Å²) in [7, 11) is 0. The summed E-state index contributed by atoms with van der Waals surface area (Å²) in [6.45, 7) is 2.19. The van der Waals surface area contributed by atoms with Crippen molar-refractivity contribution in [2.75, 3.05) is 5.01 Å². The van der Waals surface area contributed by atoms with Crippen LogP contribution in [0.2, 0.25) is 0 Å². The SMILES string of the molecule is Cc1cc2ccccc2n1N1C2=C(CCCC2)C(N)c2ccccc21. The molecule has 2 aliphatic rings. The van der Waals surface area contributed by atoms with Crippen molar-refractivity contribution in [2.45, 2.75) is 38.6 Å². The average Bonchev–Trinajstić information content (AvgIpc) is 2.98. The van der Waals surface area contributed by atoms with Gasteiger partial charge in [0.05, 0.1) is 17.2 Å². The Kier molecular flexibility index (Phi) is 3.25. The summed E-state index contributed by atoms with van der Waals surface area (Å²) in [6, 6.07) is 19.6. The molecule has 25 heavy (non-hydrogen) atoms. The molecule has 3 nitrogen and oxygen atoms in total. The number of allylic oxidation sites excluding steroid dienone is 1. The predicted molar refractivity (Wildman–Crippen MR) is 103 cm³/mol. The first-order valence-corrected chi connectivity index (χ1v) is 9.19. The van der Waals surface area contributed by atoms with Crippen LogP contribution in [0.1, 0.15) is 43.0 Å². The molecule has 0 amide bonds. The van der Waals surface area contributed by atoms with Crippen LogP contribution in [0.4, 0.5) is 5.69 Å². The average molecular weight is 329 g/mol. The van der Waals surface area contributed by atoms with E-state index in [1.807, 2.05) is 0 Å². The monoisotopic (exact) mass is 329 g/mol. The Morgan fingerprint density at radius 3 is 2.64 bits per heavy atom. The van der Waals surface area contributed by atoms with Gasteiger partial charge in [0.25, 0.3) is 0 Å². The molecule has 0 saturated carbocycles. The zero-order valence-corrected chi connectivity index (χ0v) is 14.6. The van der Waals surface area contributed by atoms with Crippen LogP contribution in [0.3, 0.4) is 0 Å². The molecule has 0 bridgehead atoms. The number of hydrogen-bond donors (Lipinski definition) is 1. The molecule has 126 valence electrons. The smallest absolute Gasteiger partial charge is 0.0705 e. The normalized spacial score (nSPS) is 19.9. The Hall–Kier alpha value is -2.52. The molecule has 2 N–H and O–H groups in total. The number of rotatable bonds is 1. The molecule has 1 aliphatic heterocycles. The zero-order valence-electron chi connectivity index (χ0n) is 14.6. The molecule has 2 aromatic carbocycles. The van der Waals surface area contributed by atoms with Crippen LogP contribution in [0.5, 0.6) is 0 Å². The van der Waals surface area contributed by atoms with E-state index in [4.69, 9.17) is 5.73 Å². The van der Waals surface area contributed by atoms with Crippen molar-refractivity contribution in [3.05, 3.63) is 77.1 Å². The largest absolute Gasteiger partial charge is 0.320 e. The van der Waals surface area contributed by atoms with Gasteiger partial charge in [0.1, 0.15) is 0 Å². The second-order valence-corrected chi connectivity index (χ2v) is 7.18. The maximum atomic E-state index is 6.67. The van der Waals surface area contributed by atoms with Crippen LogP contribution >= 0.6 is 0 Å². The van der Waals surface area contributed by atoms with Crippen molar-refractivity contribution in [1.82, 2.24) is 4.68 Å². The number of fused-ring (bicyclic) bond motifs is 2. The Labute approximate surface area is 148 Å². The molecule has 5 rings (SSSR count). The van der Waals surface area contributed by atoms with Crippen LogP contribution in [0, 0.1) is 6.92 Å². The Morgan fingerprint density at radius 1 is 0.960 bits per heavy atom. The van der Waals surface area contributed by atoms with Crippen LogP contribution in [-0.2, 0) is 0 Å². The molecule has 0 fully saturated rings. The summed E-state index contributed by atoms with van der Waals surface area (Å²) in [4.78, 5) is 0. The third-order valence-corrected chi connectivity index (χ3v) is 5.67. The van der Waals surface area contributed by atoms with E-state index in [9.17, 15) is 0 Å². The van der Waals surface area contributed by atoms with Crippen LogP contribution in [-0.4, -0.2) is 4.68 Å². The highest BCUT2D eigenvalue weighted by atomic mass is 15.6. The molecule has 3 aromatic rings. The minimum Gasteiger partial charge on any atom is -0.320 e. The number of aromatic nitrogens is 1. The predicted octanol–water partition coefficient (Wildman–Crippen LogP) is 5.06. The summed E-state index contributed by atoms with van der Waals surface area (Å²) in [6.07, 6.45) is 4.69. The van der Waals surface area contributed by atoms with Gasteiger partial charge in [0, 0.05) is 16.8 Å². The first-order chi connectivity index (χ1) is 12.3. The molecule has 0 radical (unpaired) electrons. The van der Waals surface area contributed by atoms with Gasteiger partial charge in [0.15, 0.2) is 0 Å². The fourth-order valence-electron chi connectivity index (χ4n) is 4.54. The fourth-order valence-corrected chi connectivity index (χ4v) is 4.54. The molecule has 1 aliphatic carbocycles. The van der Waals surface area contributed by atoms with Crippen molar-refractivity contribution in [3.63, 3.8) is 0 Å². The number of aryl methyl sites for hydroxylation is 1. The number of nitrogens with zero attached hydrogens (tertiary/aromatic N) is 2. The number of anilines is 1. The van der Waals surface area contributed by atoms with Crippen LogP contribution < -0.4 is 10.7 Å². The third-order valence-electron chi connectivity index (χ3n) is 5.67. The molecule has 0 spiro atoms. The van der Waals surface area contributed by atoms with Crippen LogP contribution in [0.25, 0.3) is 10.9 Å². The molecule has 3 heteroatoms. The highest BCUT2D eigenvalue weighted by Gasteiger charge is 2.33.